The summed E-state index contributed by atoms with van der Waals surface area (Å²) in [6.07, 6.45) is 0.250. The van der Waals surface area contributed by atoms with Gasteiger partial charge in [0, 0.05) is 0 Å². The Kier molecular flexibility index (Phi) is 97.3. The monoisotopic (exact) mass is 115 g/mol. The van der Waals surface area contributed by atoms with Crippen molar-refractivity contribution in [2.75, 3.05) is 0 Å². The van der Waals surface area contributed by atoms with E-state index in [0.29, 0.717) is 0 Å². The molecule has 0 aromatic rings. The zero-order valence-electron chi connectivity index (χ0n) is 2.10. The van der Waals surface area contributed by atoms with Gasteiger partial charge < -0.3 is 0 Å². The molecule has 0 aliphatic heterocycles. The summed E-state index contributed by atoms with van der Waals surface area (Å²) >= 11 is 1.69. The van der Waals surface area contributed by atoms with Gasteiger partial charge in [-0.3, -0.25) is 0 Å². The van der Waals surface area contributed by atoms with Crippen LogP contribution in [0.25, 0.3) is 0 Å². The Morgan fingerprint density at radius 1 is 1.20 bits per heavy atom. The van der Waals surface area contributed by atoms with Gasteiger partial charge in [-0.1, -0.05) is 0 Å². The van der Waals surface area contributed by atoms with E-state index in [1.807, 2.05) is 0 Å². The van der Waals surface area contributed by atoms with Crippen LogP contribution in [0, 0.1) is 0 Å². The fraction of sp³-hybridized carbons (Fsp3) is 0. The third-order valence-corrected chi connectivity index (χ3v) is 0. The standard InChI is InChI=1S/CO2.Mn.O/c2-1-3;;. The second-order valence-electron chi connectivity index (χ2n) is 0.0833. The van der Waals surface area contributed by atoms with Gasteiger partial charge in [0.15, 0.2) is 0 Å². The van der Waals surface area contributed by atoms with Crippen LogP contribution in [0.4, 0.5) is 0 Å². The van der Waals surface area contributed by atoms with E-state index in [0.717, 1.165) is 0 Å². The molecule has 0 fully saturated rings. The van der Waals surface area contributed by atoms with E-state index in [2.05, 4.69) is 0 Å². The van der Waals surface area contributed by atoms with E-state index < -0.39 is 0 Å². The van der Waals surface area contributed by atoms with Crippen LogP contribution in [0.15, 0.2) is 0 Å². The number of hydrogen-bond acceptors (Lipinski definition) is 3. The van der Waals surface area contributed by atoms with E-state index in [1.54, 1.807) is 15.9 Å². The molecule has 0 aromatic carbocycles. The van der Waals surface area contributed by atoms with E-state index in [-0.39, 0.29) is 6.15 Å². The number of hydrogen-bond donors (Lipinski definition) is 0. The molecule has 0 aromatic heterocycles. The molecule has 0 N–H and O–H groups in total. The average Bonchev–Trinajstić information content (AvgIpc) is 1.46. The van der Waals surface area contributed by atoms with Crippen molar-refractivity contribution >= 4 is 6.15 Å². The fourth-order valence-electron chi connectivity index (χ4n) is 0. The van der Waals surface area contributed by atoms with Gasteiger partial charge in [0.25, 0.3) is 0 Å². The van der Waals surface area contributed by atoms with Gasteiger partial charge in [-0.15, -0.1) is 0 Å². The Morgan fingerprint density at radius 3 is 1.20 bits per heavy atom. The van der Waals surface area contributed by atoms with Crippen molar-refractivity contribution in [1.82, 2.24) is 0 Å². The molecular weight excluding hydrogens is 115 g/mol. The Labute approximate surface area is 36.4 Å². The van der Waals surface area contributed by atoms with Gasteiger partial charge in [0.1, 0.15) is 0 Å². The summed E-state index contributed by atoms with van der Waals surface area (Å²) in [6.45, 7) is 0. The molecule has 0 spiro atoms. The van der Waals surface area contributed by atoms with E-state index in [1.165, 1.54) is 0 Å². The predicted octanol–water partition coefficient (Wildman–Crippen LogP) is -0.705. The van der Waals surface area contributed by atoms with Crippen molar-refractivity contribution in [1.29, 1.82) is 0 Å². The molecule has 5 heavy (non-hydrogen) atoms. The normalized spacial score (nSPS) is 2.40. The Bertz CT molecular complexity index is 36.2. The molecular formula is CMnO3. The zero-order valence-corrected chi connectivity index (χ0v) is 3.28. The first-order chi connectivity index (χ1) is 2.41. The zero-order chi connectivity index (χ0) is 4.71. The third-order valence-electron chi connectivity index (χ3n) is 0. The molecule has 3 nitrogen and oxygen atoms in total. The van der Waals surface area contributed by atoms with Crippen LogP contribution >= 0.6 is 0 Å². The summed E-state index contributed by atoms with van der Waals surface area (Å²) in [6, 6.07) is 0. The fourth-order valence-corrected chi connectivity index (χ4v) is 0. The van der Waals surface area contributed by atoms with Crippen LogP contribution in [-0.2, 0) is 29.4 Å². The van der Waals surface area contributed by atoms with Crippen LogP contribution in [0.2, 0.25) is 0 Å². The van der Waals surface area contributed by atoms with Crippen molar-refractivity contribution in [2.45, 2.75) is 0 Å². The minimum atomic E-state index is 0.250. The van der Waals surface area contributed by atoms with Gasteiger partial charge >= 0.3 is 25.9 Å². The van der Waals surface area contributed by atoms with Crippen LogP contribution < -0.4 is 0 Å². The molecule has 0 radical (unpaired) electrons. The average molecular weight is 115 g/mol. The topological polar surface area (TPSA) is 51.2 Å². The first-order valence-corrected chi connectivity index (χ1v) is 1.04. The maximum atomic E-state index is 8.12. The second kappa shape index (κ2) is 55.1. The molecule has 0 saturated carbocycles. The second-order valence-corrected chi connectivity index (χ2v) is 0.0833. The molecule has 4 heteroatoms. The van der Waals surface area contributed by atoms with Crippen molar-refractivity contribution in [3.8, 4) is 0 Å². The van der Waals surface area contributed by atoms with Crippen LogP contribution in [0.5, 0.6) is 0 Å². The third kappa shape index (κ3) is 118. The van der Waals surface area contributed by atoms with Gasteiger partial charge in [-0.05, 0) is 0 Å². The van der Waals surface area contributed by atoms with Crippen molar-refractivity contribution in [2.24, 2.45) is 0 Å². The van der Waals surface area contributed by atoms with Crippen LogP contribution in [-0.4, -0.2) is 6.15 Å². The Balaban J connectivity index is 0. The molecule has 0 aliphatic rings. The van der Waals surface area contributed by atoms with Crippen LogP contribution in [0.3, 0.4) is 0 Å². The summed E-state index contributed by atoms with van der Waals surface area (Å²) < 4.78 is 8.06. The van der Waals surface area contributed by atoms with Gasteiger partial charge in [0.05, 0.1) is 0 Å². The van der Waals surface area contributed by atoms with E-state index in [9.17, 15) is 0 Å². The van der Waals surface area contributed by atoms with Crippen molar-refractivity contribution in [3.05, 3.63) is 0 Å². The summed E-state index contributed by atoms with van der Waals surface area (Å²) in [5.74, 6) is 0. The molecule has 0 atom stereocenters. The molecule has 0 saturated heterocycles. The van der Waals surface area contributed by atoms with Gasteiger partial charge in [-0.2, -0.15) is 9.59 Å². The quantitative estimate of drug-likeness (QED) is 0.392. The molecule has 0 heterocycles. The molecule has 0 bridgehead atoms. The van der Waals surface area contributed by atoms with Gasteiger partial charge in [0.2, 0.25) is 0 Å². The first kappa shape index (κ1) is 8.83. The summed E-state index contributed by atoms with van der Waals surface area (Å²) in [7, 11) is 0. The minimum absolute atomic E-state index is 0.250. The van der Waals surface area contributed by atoms with E-state index in [4.69, 9.17) is 13.4 Å². The predicted molar refractivity (Wildman–Crippen MR) is 5.69 cm³/mol. The SMILES string of the molecule is O=C=O.[O]=[Mn]. The molecule has 0 rings (SSSR count). The number of rotatable bonds is 0. The first-order valence-electron chi connectivity index (χ1n) is 0.563. The van der Waals surface area contributed by atoms with Gasteiger partial charge in [-0.25, -0.2) is 0 Å². The summed E-state index contributed by atoms with van der Waals surface area (Å²) in [5.41, 5.74) is 0. The summed E-state index contributed by atoms with van der Waals surface area (Å²) in [5, 5.41) is 0. The van der Waals surface area contributed by atoms with E-state index >= 15 is 0 Å². The molecule has 0 amide bonds. The van der Waals surface area contributed by atoms with Crippen LogP contribution in [0.1, 0.15) is 0 Å². The molecule has 29 valence electrons. The number of carbonyl (C=O) groups excluding carboxylic acids is 2. The Hall–Kier alpha value is -0.301. The molecule has 0 unspecified atom stereocenters. The van der Waals surface area contributed by atoms with Crippen molar-refractivity contribution in [3.63, 3.8) is 0 Å². The molecule has 0 aliphatic carbocycles. The Morgan fingerprint density at radius 2 is 1.20 bits per heavy atom. The summed E-state index contributed by atoms with van der Waals surface area (Å²) in [4.78, 5) is 16.2. The van der Waals surface area contributed by atoms with Crippen molar-refractivity contribution < 1.29 is 29.4 Å². The maximum absolute atomic E-state index is 8.12.